The molecule has 1 aromatic rings. The Bertz CT molecular complexity index is 352. The van der Waals surface area contributed by atoms with Gasteiger partial charge in [0.25, 0.3) is 5.91 Å². The lowest BCUT2D eigenvalue weighted by molar-refractivity contribution is 0.0851. The minimum Gasteiger partial charge on any atom is -0.385 e. The van der Waals surface area contributed by atoms with Gasteiger partial charge in [0.1, 0.15) is 5.69 Å². The second-order valence-electron chi connectivity index (χ2n) is 3.69. The lowest BCUT2D eigenvalue weighted by Gasteiger charge is -2.12. The van der Waals surface area contributed by atoms with E-state index in [0.29, 0.717) is 5.69 Å². The Morgan fingerprint density at radius 2 is 2.25 bits per heavy atom. The van der Waals surface area contributed by atoms with Gasteiger partial charge in [-0.05, 0) is 18.6 Å². The number of hydrogen-bond donors (Lipinski definition) is 2. The molecule has 0 spiro atoms. The number of nitrogens with one attached hydrogen (secondary N) is 2. The van der Waals surface area contributed by atoms with Crippen LogP contribution in [-0.2, 0) is 0 Å². The second kappa shape index (κ2) is 6.07. The summed E-state index contributed by atoms with van der Waals surface area (Å²) in [5, 5.41) is 4.80. The molecule has 0 aromatic carbocycles. The lowest BCUT2D eigenvalue weighted by atomic mass is 10.3. The molecule has 5 nitrogen and oxygen atoms in total. The first-order valence-corrected chi connectivity index (χ1v) is 5.31. The topological polar surface area (TPSA) is 57.3 Å². The molecule has 0 aliphatic rings. The van der Waals surface area contributed by atoms with Crippen molar-refractivity contribution in [3.05, 3.63) is 24.0 Å². The number of pyridine rings is 1. The molecule has 1 rings (SSSR count). The Hall–Kier alpha value is -1.62. The Morgan fingerprint density at radius 3 is 2.88 bits per heavy atom. The number of nitrogens with zero attached hydrogens (tertiary/aromatic N) is 2. The maximum atomic E-state index is 11.6. The van der Waals surface area contributed by atoms with E-state index in [1.54, 1.807) is 31.4 Å². The number of aromatic nitrogens is 1. The molecule has 0 fully saturated rings. The molecule has 0 aliphatic heterocycles. The molecule has 0 atom stereocenters. The van der Waals surface area contributed by atoms with Crippen LogP contribution in [0.2, 0.25) is 0 Å². The molecular weight excluding hydrogens is 204 g/mol. The van der Waals surface area contributed by atoms with E-state index < -0.39 is 0 Å². The highest BCUT2D eigenvalue weighted by atomic mass is 16.2. The molecule has 1 aromatic heterocycles. The van der Waals surface area contributed by atoms with Crippen molar-refractivity contribution in [1.29, 1.82) is 0 Å². The highest BCUT2D eigenvalue weighted by Gasteiger charge is 2.07. The first kappa shape index (κ1) is 12.4. The maximum absolute atomic E-state index is 11.6. The van der Waals surface area contributed by atoms with Gasteiger partial charge < -0.3 is 5.32 Å². The monoisotopic (exact) mass is 222 g/mol. The molecule has 0 radical (unpaired) electrons. The fourth-order valence-corrected chi connectivity index (χ4v) is 1.19. The van der Waals surface area contributed by atoms with E-state index in [0.717, 1.165) is 18.7 Å². The van der Waals surface area contributed by atoms with Gasteiger partial charge in [-0.3, -0.25) is 15.2 Å². The van der Waals surface area contributed by atoms with Crippen molar-refractivity contribution in [3.63, 3.8) is 0 Å². The van der Waals surface area contributed by atoms with Crippen molar-refractivity contribution < 1.29 is 4.79 Å². The van der Waals surface area contributed by atoms with Crippen LogP contribution in [0.25, 0.3) is 0 Å². The molecule has 5 heteroatoms. The van der Waals surface area contributed by atoms with E-state index in [1.807, 2.05) is 6.07 Å². The molecule has 1 heterocycles. The summed E-state index contributed by atoms with van der Waals surface area (Å²) in [6.07, 6.45) is 2.67. The zero-order chi connectivity index (χ0) is 12.0. The minimum atomic E-state index is -0.204. The van der Waals surface area contributed by atoms with Gasteiger partial charge in [0.2, 0.25) is 0 Å². The third-order valence-electron chi connectivity index (χ3n) is 1.90. The number of carbonyl (C=O) groups excluding carboxylic acids is 1. The summed E-state index contributed by atoms with van der Waals surface area (Å²) in [6, 6.07) is 3.59. The van der Waals surface area contributed by atoms with Crippen molar-refractivity contribution in [2.45, 2.75) is 13.3 Å². The van der Waals surface area contributed by atoms with Crippen molar-refractivity contribution in [2.75, 3.05) is 26.0 Å². The summed E-state index contributed by atoms with van der Waals surface area (Å²) in [5.74, 6) is -0.204. The molecule has 88 valence electrons. The zero-order valence-corrected chi connectivity index (χ0v) is 9.95. The van der Waals surface area contributed by atoms with Gasteiger partial charge in [-0.2, -0.15) is 0 Å². The van der Waals surface area contributed by atoms with Gasteiger partial charge in [-0.25, -0.2) is 5.01 Å². The average molecular weight is 222 g/mol. The largest absolute Gasteiger partial charge is 0.385 e. The summed E-state index contributed by atoms with van der Waals surface area (Å²) in [6.45, 7) is 2.98. The first-order chi connectivity index (χ1) is 7.63. The van der Waals surface area contributed by atoms with Crippen LogP contribution in [0, 0.1) is 0 Å². The predicted octanol–water partition coefficient (Wildman–Crippen LogP) is 1.11. The van der Waals surface area contributed by atoms with Crippen molar-refractivity contribution in [1.82, 2.24) is 15.4 Å². The number of carbonyl (C=O) groups is 1. The number of hydrazine groups is 1. The maximum Gasteiger partial charge on any atom is 0.284 e. The molecule has 0 saturated heterocycles. The molecule has 16 heavy (non-hydrogen) atoms. The summed E-state index contributed by atoms with van der Waals surface area (Å²) in [4.78, 5) is 15.7. The van der Waals surface area contributed by atoms with E-state index in [2.05, 4.69) is 22.7 Å². The fraction of sp³-hybridized carbons (Fsp3) is 0.455. The standard InChI is InChI=1S/C11H18N4O/c1-4-6-12-9-5-7-13-10(8-9)11(16)14-15(2)3/h5,7-8H,4,6H2,1-3H3,(H,12,13)(H,14,16). The SMILES string of the molecule is CCCNc1ccnc(C(=O)NN(C)C)c1. The van der Waals surface area contributed by atoms with Crippen LogP contribution in [-0.4, -0.2) is 36.5 Å². The first-order valence-electron chi connectivity index (χ1n) is 5.31. The number of rotatable bonds is 5. The molecule has 1 amide bonds. The quantitative estimate of drug-likeness (QED) is 0.733. The zero-order valence-electron chi connectivity index (χ0n) is 9.95. The molecule has 0 saturated carbocycles. The van der Waals surface area contributed by atoms with E-state index in [9.17, 15) is 4.79 Å². The van der Waals surface area contributed by atoms with Gasteiger partial charge >= 0.3 is 0 Å². The van der Waals surface area contributed by atoms with Crippen LogP contribution >= 0.6 is 0 Å². The van der Waals surface area contributed by atoms with Crippen LogP contribution in [0.3, 0.4) is 0 Å². The van der Waals surface area contributed by atoms with Crippen LogP contribution in [0.1, 0.15) is 23.8 Å². The van der Waals surface area contributed by atoms with Gasteiger partial charge in [0.15, 0.2) is 0 Å². The molecule has 0 unspecified atom stereocenters. The average Bonchev–Trinajstić information content (AvgIpc) is 2.26. The Morgan fingerprint density at radius 1 is 1.50 bits per heavy atom. The normalized spacial score (nSPS) is 10.2. The van der Waals surface area contributed by atoms with Crippen LogP contribution in [0.15, 0.2) is 18.3 Å². The van der Waals surface area contributed by atoms with Gasteiger partial charge in [0.05, 0.1) is 0 Å². The molecular formula is C11H18N4O. The van der Waals surface area contributed by atoms with Crippen molar-refractivity contribution in [2.24, 2.45) is 0 Å². The van der Waals surface area contributed by atoms with E-state index >= 15 is 0 Å². The smallest absolute Gasteiger partial charge is 0.284 e. The second-order valence-corrected chi connectivity index (χ2v) is 3.69. The number of amides is 1. The van der Waals surface area contributed by atoms with E-state index in [4.69, 9.17) is 0 Å². The molecule has 0 aliphatic carbocycles. The Labute approximate surface area is 95.8 Å². The number of anilines is 1. The van der Waals surface area contributed by atoms with E-state index in [-0.39, 0.29) is 5.91 Å². The van der Waals surface area contributed by atoms with E-state index in [1.165, 1.54) is 0 Å². The van der Waals surface area contributed by atoms with Crippen molar-refractivity contribution >= 4 is 11.6 Å². The fourth-order valence-electron chi connectivity index (χ4n) is 1.19. The van der Waals surface area contributed by atoms with Crippen LogP contribution in [0.5, 0.6) is 0 Å². The minimum absolute atomic E-state index is 0.204. The van der Waals surface area contributed by atoms with Gasteiger partial charge in [-0.1, -0.05) is 6.92 Å². The third kappa shape index (κ3) is 3.86. The summed E-state index contributed by atoms with van der Waals surface area (Å²) >= 11 is 0. The molecule has 0 bridgehead atoms. The molecule has 2 N–H and O–H groups in total. The van der Waals surface area contributed by atoms with Crippen LogP contribution in [0.4, 0.5) is 5.69 Å². The Balaban J connectivity index is 2.69. The third-order valence-corrected chi connectivity index (χ3v) is 1.90. The highest BCUT2D eigenvalue weighted by molar-refractivity contribution is 5.92. The summed E-state index contributed by atoms with van der Waals surface area (Å²) < 4.78 is 0. The highest BCUT2D eigenvalue weighted by Crippen LogP contribution is 2.07. The van der Waals surface area contributed by atoms with Gasteiger partial charge in [-0.15, -0.1) is 0 Å². The van der Waals surface area contributed by atoms with Crippen LogP contribution < -0.4 is 10.7 Å². The number of hydrogen-bond acceptors (Lipinski definition) is 4. The Kier molecular flexibility index (Phi) is 4.72. The predicted molar refractivity (Wildman–Crippen MR) is 64.2 cm³/mol. The lowest BCUT2D eigenvalue weighted by Crippen LogP contribution is -2.36. The van der Waals surface area contributed by atoms with Gasteiger partial charge in [0, 0.05) is 32.5 Å². The summed E-state index contributed by atoms with van der Waals surface area (Å²) in [5.41, 5.74) is 3.98. The van der Waals surface area contributed by atoms with Crippen molar-refractivity contribution in [3.8, 4) is 0 Å². The summed E-state index contributed by atoms with van der Waals surface area (Å²) in [7, 11) is 3.52.